The second kappa shape index (κ2) is 7.22. The van der Waals surface area contributed by atoms with Crippen LogP contribution in [0.2, 0.25) is 0 Å². The summed E-state index contributed by atoms with van der Waals surface area (Å²) in [5.74, 6) is 0. The summed E-state index contributed by atoms with van der Waals surface area (Å²) in [6, 6.07) is 13.6. The van der Waals surface area contributed by atoms with Crippen molar-refractivity contribution in [3.05, 3.63) is 68.2 Å². The van der Waals surface area contributed by atoms with Crippen LogP contribution < -0.4 is 5.32 Å². The Hall–Kier alpha value is -1.88. The van der Waals surface area contributed by atoms with Crippen LogP contribution in [0, 0.1) is 17.0 Å². The van der Waals surface area contributed by atoms with Crippen molar-refractivity contribution in [3.63, 3.8) is 0 Å². The molecule has 0 amide bonds. The van der Waals surface area contributed by atoms with Crippen LogP contribution in [0.25, 0.3) is 0 Å². The van der Waals surface area contributed by atoms with Crippen LogP contribution in [-0.2, 0) is 6.42 Å². The second-order valence-electron chi connectivity index (χ2n) is 4.89. The first kappa shape index (κ1) is 15.5. The van der Waals surface area contributed by atoms with Gasteiger partial charge in [-0.1, -0.05) is 46.3 Å². The Morgan fingerprint density at radius 1 is 1.24 bits per heavy atom. The molecule has 2 rings (SSSR count). The van der Waals surface area contributed by atoms with Gasteiger partial charge >= 0.3 is 0 Å². The maximum absolute atomic E-state index is 11.1. The van der Waals surface area contributed by atoms with E-state index >= 15 is 0 Å². The van der Waals surface area contributed by atoms with Gasteiger partial charge in [0.05, 0.1) is 4.92 Å². The molecule has 0 aliphatic heterocycles. The molecule has 1 N–H and O–H groups in total. The van der Waals surface area contributed by atoms with Gasteiger partial charge in [0.25, 0.3) is 5.69 Å². The maximum atomic E-state index is 11.1. The fourth-order valence-corrected chi connectivity index (χ4v) is 2.46. The van der Waals surface area contributed by atoms with Gasteiger partial charge in [-0.25, -0.2) is 0 Å². The van der Waals surface area contributed by atoms with E-state index in [-0.39, 0.29) is 10.6 Å². The smallest absolute Gasteiger partial charge is 0.292 e. The van der Waals surface area contributed by atoms with Crippen LogP contribution in [0.3, 0.4) is 0 Å². The predicted molar refractivity (Wildman–Crippen MR) is 88.8 cm³/mol. The molecule has 0 aliphatic carbocycles. The summed E-state index contributed by atoms with van der Waals surface area (Å²) in [6.07, 6.45) is 1.88. The molecular weight excluding hydrogens is 332 g/mol. The molecule has 0 aromatic heterocycles. The van der Waals surface area contributed by atoms with Crippen LogP contribution >= 0.6 is 15.9 Å². The molecule has 0 saturated carbocycles. The fourth-order valence-electron chi connectivity index (χ4n) is 2.12. The number of nitro groups is 1. The Balaban J connectivity index is 1.96. The number of hydrogen-bond acceptors (Lipinski definition) is 3. The monoisotopic (exact) mass is 348 g/mol. The summed E-state index contributed by atoms with van der Waals surface area (Å²) in [5, 5.41) is 14.3. The topological polar surface area (TPSA) is 55.2 Å². The zero-order valence-corrected chi connectivity index (χ0v) is 13.4. The summed E-state index contributed by atoms with van der Waals surface area (Å²) in [4.78, 5) is 10.7. The number of benzene rings is 2. The van der Waals surface area contributed by atoms with Crippen LogP contribution in [0.5, 0.6) is 0 Å². The van der Waals surface area contributed by atoms with E-state index in [4.69, 9.17) is 0 Å². The highest BCUT2D eigenvalue weighted by molar-refractivity contribution is 9.10. The number of halogens is 1. The van der Waals surface area contributed by atoms with Gasteiger partial charge in [0.15, 0.2) is 0 Å². The third kappa shape index (κ3) is 4.29. The quantitative estimate of drug-likeness (QED) is 0.467. The van der Waals surface area contributed by atoms with Gasteiger partial charge in [-0.2, -0.15) is 0 Å². The first-order valence-corrected chi connectivity index (χ1v) is 7.59. The lowest BCUT2D eigenvalue weighted by Gasteiger charge is -2.09. The number of rotatable bonds is 6. The summed E-state index contributed by atoms with van der Waals surface area (Å²) in [5.41, 5.74) is 2.82. The zero-order valence-electron chi connectivity index (χ0n) is 11.8. The molecule has 0 radical (unpaired) electrons. The van der Waals surface area contributed by atoms with Gasteiger partial charge in [0.1, 0.15) is 5.69 Å². The van der Waals surface area contributed by atoms with Crippen molar-refractivity contribution in [2.45, 2.75) is 19.8 Å². The molecule has 2 aromatic carbocycles. The number of nitro benzene ring substituents is 1. The number of hydrogen-bond donors (Lipinski definition) is 1. The normalized spacial score (nSPS) is 10.4. The predicted octanol–water partition coefficient (Wildman–Crippen LogP) is 4.71. The molecule has 0 aliphatic rings. The van der Waals surface area contributed by atoms with Gasteiger partial charge in [-0.15, -0.1) is 0 Å². The SMILES string of the molecule is Cc1cc([N+](=O)[O-])c(NCCCc2ccccc2)cc1Br. The van der Waals surface area contributed by atoms with E-state index in [1.807, 2.05) is 25.1 Å². The zero-order chi connectivity index (χ0) is 15.2. The Labute approximate surface area is 132 Å². The summed E-state index contributed by atoms with van der Waals surface area (Å²) < 4.78 is 0.874. The van der Waals surface area contributed by atoms with Crippen molar-refractivity contribution in [1.82, 2.24) is 0 Å². The fraction of sp³-hybridized carbons (Fsp3) is 0.250. The number of anilines is 1. The van der Waals surface area contributed by atoms with Crippen molar-refractivity contribution in [2.75, 3.05) is 11.9 Å². The van der Waals surface area contributed by atoms with Gasteiger partial charge in [0.2, 0.25) is 0 Å². The molecule has 4 nitrogen and oxygen atoms in total. The third-order valence-electron chi connectivity index (χ3n) is 3.27. The minimum Gasteiger partial charge on any atom is -0.379 e. The molecule has 0 heterocycles. The highest BCUT2D eigenvalue weighted by atomic mass is 79.9. The number of aryl methyl sites for hydroxylation is 2. The van der Waals surface area contributed by atoms with E-state index in [1.165, 1.54) is 5.56 Å². The molecule has 0 saturated heterocycles. The molecule has 0 bridgehead atoms. The molecule has 0 fully saturated rings. The Bertz CT molecular complexity index is 630. The van der Waals surface area contributed by atoms with Gasteiger partial charge in [-0.3, -0.25) is 10.1 Å². The molecule has 0 atom stereocenters. The molecule has 5 heteroatoms. The first-order valence-electron chi connectivity index (χ1n) is 6.80. The van der Waals surface area contributed by atoms with Gasteiger partial charge in [-0.05, 0) is 37.0 Å². The molecule has 0 unspecified atom stereocenters. The second-order valence-corrected chi connectivity index (χ2v) is 5.75. The Morgan fingerprint density at radius 3 is 2.62 bits per heavy atom. The molecule has 2 aromatic rings. The number of nitrogens with zero attached hydrogens (tertiary/aromatic N) is 1. The maximum Gasteiger partial charge on any atom is 0.292 e. The first-order chi connectivity index (χ1) is 10.1. The van der Waals surface area contributed by atoms with Gasteiger partial charge < -0.3 is 5.32 Å². The highest BCUT2D eigenvalue weighted by Crippen LogP contribution is 2.30. The van der Waals surface area contributed by atoms with Crippen LogP contribution in [0.4, 0.5) is 11.4 Å². The van der Waals surface area contributed by atoms with Crippen molar-refractivity contribution < 1.29 is 4.92 Å². The van der Waals surface area contributed by atoms with E-state index in [2.05, 4.69) is 33.4 Å². The lowest BCUT2D eigenvalue weighted by molar-refractivity contribution is -0.384. The average Bonchev–Trinajstić information content (AvgIpc) is 2.47. The minimum atomic E-state index is -0.348. The van der Waals surface area contributed by atoms with Crippen LogP contribution in [0.15, 0.2) is 46.9 Å². The standard InChI is InChI=1S/C16H17BrN2O2/c1-12-10-16(19(20)21)15(11-14(12)17)18-9-5-8-13-6-3-2-4-7-13/h2-4,6-7,10-11,18H,5,8-9H2,1H3. The molecule has 110 valence electrons. The van der Waals surface area contributed by atoms with Gasteiger partial charge in [0, 0.05) is 17.1 Å². The average molecular weight is 349 g/mol. The highest BCUT2D eigenvalue weighted by Gasteiger charge is 2.15. The van der Waals surface area contributed by atoms with Crippen molar-refractivity contribution in [2.24, 2.45) is 0 Å². The Kier molecular flexibility index (Phi) is 5.33. The van der Waals surface area contributed by atoms with E-state index in [9.17, 15) is 10.1 Å². The summed E-state index contributed by atoms with van der Waals surface area (Å²) in [6.45, 7) is 2.54. The summed E-state index contributed by atoms with van der Waals surface area (Å²) >= 11 is 3.41. The van der Waals surface area contributed by atoms with E-state index in [1.54, 1.807) is 12.1 Å². The lowest BCUT2D eigenvalue weighted by atomic mass is 10.1. The van der Waals surface area contributed by atoms with E-state index in [0.717, 1.165) is 22.9 Å². The molecule has 21 heavy (non-hydrogen) atoms. The van der Waals surface area contributed by atoms with Crippen molar-refractivity contribution in [3.8, 4) is 0 Å². The summed E-state index contributed by atoms with van der Waals surface area (Å²) in [7, 11) is 0. The van der Waals surface area contributed by atoms with Crippen molar-refractivity contribution in [1.29, 1.82) is 0 Å². The third-order valence-corrected chi connectivity index (χ3v) is 4.13. The lowest BCUT2D eigenvalue weighted by Crippen LogP contribution is -2.06. The minimum absolute atomic E-state index is 0.121. The van der Waals surface area contributed by atoms with Crippen LogP contribution in [0.1, 0.15) is 17.5 Å². The molecule has 0 spiro atoms. The largest absolute Gasteiger partial charge is 0.379 e. The van der Waals surface area contributed by atoms with E-state index in [0.29, 0.717) is 12.2 Å². The van der Waals surface area contributed by atoms with Crippen LogP contribution in [-0.4, -0.2) is 11.5 Å². The number of nitrogens with one attached hydrogen (secondary N) is 1. The Morgan fingerprint density at radius 2 is 1.95 bits per heavy atom. The van der Waals surface area contributed by atoms with E-state index < -0.39 is 0 Å². The van der Waals surface area contributed by atoms with Crippen molar-refractivity contribution >= 4 is 27.3 Å². The molecular formula is C16H17BrN2O2.